The summed E-state index contributed by atoms with van der Waals surface area (Å²) >= 11 is 1.75. The molecule has 0 aliphatic carbocycles. The average Bonchev–Trinajstić information content (AvgIpc) is 3.36. The van der Waals surface area contributed by atoms with Gasteiger partial charge in [-0.15, -0.1) is 0 Å². The Morgan fingerprint density at radius 2 is 2.04 bits per heavy atom. The van der Waals surface area contributed by atoms with Crippen LogP contribution in [0.1, 0.15) is 48.4 Å². The van der Waals surface area contributed by atoms with Crippen LogP contribution in [0.15, 0.2) is 40.8 Å². The third-order valence-corrected chi connectivity index (χ3v) is 5.46. The summed E-state index contributed by atoms with van der Waals surface area (Å²) in [7, 11) is 0. The van der Waals surface area contributed by atoms with Gasteiger partial charge in [-0.3, -0.25) is 9.69 Å². The number of nitrogens with zero attached hydrogens (tertiary/aromatic N) is 2. The first-order chi connectivity index (χ1) is 13.6. The van der Waals surface area contributed by atoms with Gasteiger partial charge in [-0.2, -0.15) is 11.8 Å². The van der Waals surface area contributed by atoms with Crippen LogP contribution in [0.2, 0.25) is 0 Å². The highest BCUT2D eigenvalue weighted by Crippen LogP contribution is 2.21. The highest BCUT2D eigenvalue weighted by atomic mass is 32.2. The molecule has 7 heteroatoms. The first-order valence-corrected chi connectivity index (χ1v) is 11.1. The van der Waals surface area contributed by atoms with Crippen LogP contribution in [0.5, 0.6) is 0 Å². The molecule has 3 aromatic rings. The van der Waals surface area contributed by atoms with Crippen molar-refractivity contribution in [1.82, 2.24) is 20.2 Å². The van der Waals surface area contributed by atoms with Crippen LogP contribution in [-0.2, 0) is 6.54 Å². The predicted molar refractivity (Wildman–Crippen MR) is 115 cm³/mol. The molecule has 28 heavy (non-hydrogen) atoms. The van der Waals surface area contributed by atoms with Gasteiger partial charge in [0.05, 0.1) is 23.6 Å². The van der Waals surface area contributed by atoms with E-state index in [2.05, 4.69) is 40.3 Å². The number of H-pyrrole nitrogens is 1. The Morgan fingerprint density at radius 1 is 1.25 bits per heavy atom. The van der Waals surface area contributed by atoms with Crippen molar-refractivity contribution >= 4 is 28.7 Å². The normalized spacial score (nSPS) is 12.6. The smallest absolute Gasteiger partial charge is 0.287 e. The number of fused-ring (bicyclic) bond motifs is 1. The Morgan fingerprint density at radius 3 is 2.75 bits per heavy atom. The molecule has 2 aromatic heterocycles. The minimum Gasteiger partial charge on any atom is -0.455 e. The number of thioether (sulfide) groups is 1. The SMILES string of the molecule is CCN(CC)Cc1ccc(C(=O)NC(CCSC)c2nc3ccccc3[nH]2)o1. The number of carbonyl (C=O) groups is 1. The summed E-state index contributed by atoms with van der Waals surface area (Å²) in [5.74, 6) is 2.63. The molecule has 1 atom stereocenters. The third-order valence-electron chi connectivity index (χ3n) is 4.81. The Kier molecular flexibility index (Phi) is 7.17. The van der Waals surface area contributed by atoms with Crippen LogP contribution >= 0.6 is 11.8 Å². The van der Waals surface area contributed by atoms with E-state index in [4.69, 9.17) is 4.42 Å². The highest BCUT2D eigenvalue weighted by molar-refractivity contribution is 7.98. The molecule has 150 valence electrons. The topological polar surface area (TPSA) is 74.2 Å². The molecule has 2 N–H and O–H groups in total. The monoisotopic (exact) mass is 400 g/mol. The number of furan rings is 1. The molecule has 0 aliphatic heterocycles. The number of para-hydroxylation sites is 2. The summed E-state index contributed by atoms with van der Waals surface area (Å²) in [4.78, 5) is 23.0. The van der Waals surface area contributed by atoms with Crippen molar-refractivity contribution in [2.24, 2.45) is 0 Å². The van der Waals surface area contributed by atoms with E-state index in [9.17, 15) is 4.79 Å². The summed E-state index contributed by atoms with van der Waals surface area (Å²) in [6.45, 7) is 6.83. The highest BCUT2D eigenvalue weighted by Gasteiger charge is 2.21. The number of amides is 1. The zero-order chi connectivity index (χ0) is 19.9. The Balaban J connectivity index is 1.73. The molecule has 0 saturated heterocycles. The van der Waals surface area contributed by atoms with Gasteiger partial charge < -0.3 is 14.7 Å². The van der Waals surface area contributed by atoms with Crippen LogP contribution in [0, 0.1) is 0 Å². The number of aromatic amines is 1. The summed E-state index contributed by atoms with van der Waals surface area (Å²) in [6, 6.07) is 11.3. The number of hydrogen-bond donors (Lipinski definition) is 2. The van der Waals surface area contributed by atoms with Crippen molar-refractivity contribution in [3.05, 3.63) is 53.7 Å². The molecule has 0 aliphatic rings. The molecule has 1 unspecified atom stereocenters. The summed E-state index contributed by atoms with van der Waals surface area (Å²) in [6.07, 6.45) is 2.85. The fourth-order valence-electron chi connectivity index (χ4n) is 3.13. The maximum Gasteiger partial charge on any atom is 0.287 e. The van der Waals surface area contributed by atoms with Gasteiger partial charge in [0.15, 0.2) is 5.76 Å². The van der Waals surface area contributed by atoms with Gasteiger partial charge in [0.2, 0.25) is 0 Å². The van der Waals surface area contributed by atoms with Gasteiger partial charge in [0.1, 0.15) is 11.6 Å². The predicted octanol–water partition coefficient (Wildman–Crippen LogP) is 4.22. The summed E-state index contributed by atoms with van der Waals surface area (Å²) < 4.78 is 5.79. The molecule has 0 bridgehead atoms. The second kappa shape index (κ2) is 9.80. The number of hydrogen-bond acceptors (Lipinski definition) is 5. The quantitative estimate of drug-likeness (QED) is 0.533. The number of aromatic nitrogens is 2. The fourth-order valence-corrected chi connectivity index (χ4v) is 3.60. The lowest BCUT2D eigenvalue weighted by Gasteiger charge is -2.16. The molecule has 3 rings (SSSR count). The molecule has 1 amide bonds. The molecule has 0 spiro atoms. The van der Waals surface area contributed by atoms with Crippen LogP contribution in [0.4, 0.5) is 0 Å². The molecule has 0 radical (unpaired) electrons. The van der Waals surface area contributed by atoms with Crippen molar-refractivity contribution < 1.29 is 9.21 Å². The second-order valence-electron chi connectivity index (χ2n) is 6.67. The summed E-state index contributed by atoms with van der Waals surface area (Å²) in [5.41, 5.74) is 1.88. The van der Waals surface area contributed by atoms with Gasteiger partial charge in [-0.25, -0.2) is 4.98 Å². The zero-order valence-corrected chi connectivity index (χ0v) is 17.5. The number of carbonyl (C=O) groups excluding carboxylic acids is 1. The Labute approximate surface area is 170 Å². The zero-order valence-electron chi connectivity index (χ0n) is 16.7. The Hall–Kier alpha value is -2.25. The largest absolute Gasteiger partial charge is 0.455 e. The van der Waals surface area contributed by atoms with Crippen LogP contribution < -0.4 is 5.32 Å². The number of imidazole rings is 1. The van der Waals surface area contributed by atoms with Gasteiger partial charge in [-0.05, 0) is 55.8 Å². The molecule has 0 fully saturated rings. The van der Waals surface area contributed by atoms with E-state index in [0.29, 0.717) is 12.3 Å². The average molecular weight is 401 g/mol. The van der Waals surface area contributed by atoms with Gasteiger partial charge in [0.25, 0.3) is 5.91 Å². The molecule has 0 saturated carbocycles. The van der Waals surface area contributed by atoms with Crippen molar-refractivity contribution in [3.63, 3.8) is 0 Å². The maximum atomic E-state index is 12.8. The first kappa shape index (κ1) is 20.5. The van der Waals surface area contributed by atoms with E-state index < -0.39 is 0 Å². The number of nitrogens with one attached hydrogen (secondary N) is 2. The first-order valence-electron chi connectivity index (χ1n) is 9.70. The van der Waals surface area contributed by atoms with Crippen LogP contribution in [-0.4, -0.2) is 45.9 Å². The van der Waals surface area contributed by atoms with Crippen molar-refractivity contribution in [3.8, 4) is 0 Å². The lowest BCUT2D eigenvalue weighted by Crippen LogP contribution is -2.29. The minimum atomic E-state index is -0.211. The fraction of sp³-hybridized carbons (Fsp3) is 0.429. The molecular formula is C21H28N4O2S. The van der Waals surface area contributed by atoms with E-state index in [-0.39, 0.29) is 11.9 Å². The lowest BCUT2D eigenvalue weighted by molar-refractivity contribution is 0.0902. The number of benzene rings is 1. The lowest BCUT2D eigenvalue weighted by atomic mass is 10.2. The standard InChI is InChI=1S/C21H28N4O2S/c1-4-25(5-2)14-15-10-11-19(27-15)21(26)24-18(12-13-28-3)20-22-16-8-6-7-9-17(16)23-20/h6-11,18H,4-5,12-14H2,1-3H3,(H,22,23)(H,24,26). The molecule has 2 heterocycles. The van der Waals surface area contributed by atoms with E-state index in [0.717, 1.165) is 47.9 Å². The van der Waals surface area contributed by atoms with Gasteiger partial charge >= 0.3 is 0 Å². The second-order valence-corrected chi connectivity index (χ2v) is 7.66. The van der Waals surface area contributed by atoms with E-state index in [1.165, 1.54) is 0 Å². The van der Waals surface area contributed by atoms with Crippen LogP contribution in [0.25, 0.3) is 11.0 Å². The van der Waals surface area contributed by atoms with Gasteiger partial charge in [-0.1, -0.05) is 26.0 Å². The number of rotatable bonds is 10. The van der Waals surface area contributed by atoms with E-state index in [1.54, 1.807) is 17.8 Å². The Bertz CT molecular complexity index is 868. The van der Waals surface area contributed by atoms with E-state index >= 15 is 0 Å². The third kappa shape index (κ3) is 4.97. The molecule has 1 aromatic carbocycles. The molecular weight excluding hydrogens is 372 g/mol. The van der Waals surface area contributed by atoms with E-state index in [1.807, 2.05) is 30.3 Å². The molecule has 6 nitrogen and oxygen atoms in total. The maximum absolute atomic E-state index is 12.8. The van der Waals surface area contributed by atoms with Gasteiger partial charge in [0, 0.05) is 0 Å². The summed E-state index contributed by atoms with van der Waals surface area (Å²) in [5, 5.41) is 3.09. The van der Waals surface area contributed by atoms with Crippen molar-refractivity contribution in [2.75, 3.05) is 25.1 Å². The minimum absolute atomic E-state index is 0.191. The van der Waals surface area contributed by atoms with Crippen molar-refractivity contribution in [1.29, 1.82) is 0 Å². The van der Waals surface area contributed by atoms with Crippen molar-refractivity contribution in [2.45, 2.75) is 32.9 Å². The van der Waals surface area contributed by atoms with Crippen LogP contribution in [0.3, 0.4) is 0 Å².